The fourth-order valence-electron chi connectivity index (χ4n) is 3.41. The van der Waals surface area contributed by atoms with Crippen LogP contribution in [0.3, 0.4) is 0 Å². The molecule has 0 heterocycles. The summed E-state index contributed by atoms with van der Waals surface area (Å²) in [6, 6.07) is 6.68. The molecule has 26 heavy (non-hydrogen) atoms. The summed E-state index contributed by atoms with van der Waals surface area (Å²) in [6.07, 6.45) is 9.82. The molecule has 0 unspecified atom stereocenters. The number of sulfonamides is 1. The maximum absolute atomic E-state index is 13.0. The molecule has 0 spiro atoms. The molecule has 2 rings (SSSR count). The van der Waals surface area contributed by atoms with E-state index in [1.165, 1.54) is 0 Å². The molecule has 0 bridgehead atoms. The van der Waals surface area contributed by atoms with Gasteiger partial charge in [0.25, 0.3) is 0 Å². The molecule has 2 N–H and O–H groups in total. The minimum atomic E-state index is -3.50. The number of carboxylic acids is 1. The van der Waals surface area contributed by atoms with Crippen molar-refractivity contribution in [3.63, 3.8) is 0 Å². The summed E-state index contributed by atoms with van der Waals surface area (Å²) >= 11 is 5.86. The molecule has 144 valence electrons. The van der Waals surface area contributed by atoms with Gasteiger partial charge in [0.05, 0.1) is 4.75 Å². The Morgan fingerprint density at radius 1 is 1.15 bits per heavy atom. The van der Waals surface area contributed by atoms with Crippen LogP contribution in [0.2, 0.25) is 5.02 Å². The summed E-state index contributed by atoms with van der Waals surface area (Å²) in [6.45, 7) is 0. The number of carboxylic acid groups (broad SMARTS) is 1. The third kappa shape index (κ3) is 5.74. The van der Waals surface area contributed by atoms with Crippen LogP contribution in [0.1, 0.15) is 57.8 Å². The Labute approximate surface area is 160 Å². The van der Waals surface area contributed by atoms with Crippen molar-refractivity contribution in [3.05, 3.63) is 41.4 Å². The maximum atomic E-state index is 13.0. The Hall–Kier alpha value is -1.53. The highest BCUT2D eigenvalue weighted by Crippen LogP contribution is 2.41. The molecule has 1 aromatic carbocycles. The number of halogens is 1. The van der Waals surface area contributed by atoms with Gasteiger partial charge in [-0.05, 0) is 62.8 Å². The molecule has 0 amide bonds. The van der Waals surface area contributed by atoms with Gasteiger partial charge in [-0.25, -0.2) is 8.42 Å². The van der Waals surface area contributed by atoms with E-state index in [1.807, 2.05) is 12.2 Å². The largest absolute Gasteiger partial charge is 0.481 e. The first-order valence-electron chi connectivity index (χ1n) is 8.99. The number of nitrogens with one attached hydrogen (secondary N) is 1. The molecule has 5 nitrogen and oxygen atoms in total. The van der Waals surface area contributed by atoms with Crippen LogP contribution >= 0.6 is 11.6 Å². The second kappa shape index (κ2) is 9.42. The van der Waals surface area contributed by atoms with Crippen LogP contribution < -0.4 is 4.72 Å². The zero-order valence-electron chi connectivity index (χ0n) is 14.8. The summed E-state index contributed by atoms with van der Waals surface area (Å²) in [7, 11) is -3.50. The summed E-state index contributed by atoms with van der Waals surface area (Å²) in [5.41, 5.74) is 0.532. The molecule has 0 radical (unpaired) electrons. The first-order chi connectivity index (χ1) is 12.3. The van der Waals surface area contributed by atoms with E-state index in [9.17, 15) is 13.2 Å². The molecule has 0 aliphatic heterocycles. The molecular weight excluding hydrogens is 374 g/mol. The van der Waals surface area contributed by atoms with Crippen LogP contribution in [-0.4, -0.2) is 24.2 Å². The Morgan fingerprint density at radius 2 is 1.77 bits per heavy atom. The Morgan fingerprint density at radius 3 is 2.38 bits per heavy atom. The summed E-state index contributed by atoms with van der Waals surface area (Å²) in [5.74, 6) is -0.789. The summed E-state index contributed by atoms with van der Waals surface area (Å²) in [5, 5.41) is 9.18. The molecule has 0 aromatic heterocycles. The molecule has 1 saturated carbocycles. The van der Waals surface area contributed by atoms with E-state index in [2.05, 4.69) is 4.72 Å². The predicted octanol–water partition coefficient (Wildman–Crippen LogP) is 4.99. The number of allylic oxidation sites excluding steroid dienone is 2. The average molecular weight is 400 g/mol. The third-order valence-corrected chi connectivity index (χ3v) is 7.38. The van der Waals surface area contributed by atoms with E-state index in [0.717, 1.165) is 12.8 Å². The molecule has 1 aliphatic carbocycles. The van der Waals surface area contributed by atoms with Gasteiger partial charge in [0.2, 0.25) is 10.0 Å². The van der Waals surface area contributed by atoms with Crippen molar-refractivity contribution in [2.45, 2.75) is 62.5 Å². The van der Waals surface area contributed by atoms with Crippen molar-refractivity contribution in [3.8, 4) is 0 Å². The standard InChI is InChI=1S/C19H26ClNO4S/c20-16-9-11-17(12-10-16)21-26(24,25)19(14-6-7-15-19)13-5-3-1-2-4-8-18(22)23/h1,3,9-12,21H,2,4-8,13-15H2,(H,22,23)/b3-1-. The van der Waals surface area contributed by atoms with Gasteiger partial charge in [0.15, 0.2) is 0 Å². The van der Waals surface area contributed by atoms with E-state index < -0.39 is 20.7 Å². The van der Waals surface area contributed by atoms with Gasteiger partial charge in [0, 0.05) is 17.1 Å². The minimum absolute atomic E-state index is 0.160. The van der Waals surface area contributed by atoms with Crippen molar-refractivity contribution in [1.82, 2.24) is 0 Å². The predicted molar refractivity (Wildman–Crippen MR) is 105 cm³/mol. The Bertz CT molecular complexity index is 722. The molecule has 0 atom stereocenters. The van der Waals surface area contributed by atoms with Gasteiger partial charge in [-0.2, -0.15) is 0 Å². The van der Waals surface area contributed by atoms with Crippen LogP contribution in [0.5, 0.6) is 0 Å². The number of anilines is 1. The van der Waals surface area contributed by atoms with Crippen LogP contribution in [0.4, 0.5) is 5.69 Å². The summed E-state index contributed by atoms with van der Waals surface area (Å²) < 4.78 is 28.0. The number of hydrogen-bond acceptors (Lipinski definition) is 3. The van der Waals surface area contributed by atoms with Crippen molar-refractivity contribution in [2.24, 2.45) is 0 Å². The average Bonchev–Trinajstić information content (AvgIpc) is 3.06. The third-order valence-electron chi connectivity index (χ3n) is 4.88. The molecule has 7 heteroatoms. The van der Waals surface area contributed by atoms with Crippen molar-refractivity contribution >= 4 is 33.3 Å². The minimum Gasteiger partial charge on any atom is -0.481 e. The quantitative estimate of drug-likeness (QED) is 0.429. The lowest BCUT2D eigenvalue weighted by Gasteiger charge is -2.29. The number of benzene rings is 1. The fourth-order valence-corrected chi connectivity index (χ4v) is 5.41. The first-order valence-corrected chi connectivity index (χ1v) is 10.9. The van der Waals surface area contributed by atoms with Crippen LogP contribution in [0.25, 0.3) is 0 Å². The van der Waals surface area contributed by atoms with E-state index in [0.29, 0.717) is 49.2 Å². The molecule has 1 aromatic rings. The monoisotopic (exact) mass is 399 g/mol. The van der Waals surface area contributed by atoms with Gasteiger partial charge in [0.1, 0.15) is 0 Å². The Balaban J connectivity index is 1.96. The molecular formula is C19H26ClNO4S. The van der Waals surface area contributed by atoms with E-state index >= 15 is 0 Å². The van der Waals surface area contributed by atoms with Gasteiger partial charge < -0.3 is 5.11 Å². The smallest absolute Gasteiger partial charge is 0.303 e. The zero-order valence-corrected chi connectivity index (χ0v) is 16.4. The topological polar surface area (TPSA) is 83.5 Å². The van der Waals surface area contributed by atoms with Gasteiger partial charge >= 0.3 is 5.97 Å². The maximum Gasteiger partial charge on any atom is 0.303 e. The van der Waals surface area contributed by atoms with Crippen LogP contribution in [0, 0.1) is 0 Å². The number of hydrogen-bond donors (Lipinski definition) is 2. The van der Waals surface area contributed by atoms with Crippen LogP contribution in [0.15, 0.2) is 36.4 Å². The van der Waals surface area contributed by atoms with E-state index in [1.54, 1.807) is 24.3 Å². The van der Waals surface area contributed by atoms with Gasteiger partial charge in [-0.1, -0.05) is 36.6 Å². The van der Waals surface area contributed by atoms with Crippen molar-refractivity contribution in [2.75, 3.05) is 4.72 Å². The molecule has 1 aliphatic rings. The van der Waals surface area contributed by atoms with E-state index in [-0.39, 0.29) is 6.42 Å². The SMILES string of the molecule is O=C(O)CCC/C=C\CCC1(S(=O)(=O)Nc2ccc(Cl)cc2)CCCC1. The second-order valence-corrected chi connectivity index (χ2v) is 9.31. The van der Waals surface area contributed by atoms with Gasteiger partial charge in [-0.3, -0.25) is 9.52 Å². The number of rotatable bonds is 10. The lowest BCUT2D eigenvalue weighted by molar-refractivity contribution is -0.137. The normalized spacial score (nSPS) is 16.8. The van der Waals surface area contributed by atoms with Gasteiger partial charge in [-0.15, -0.1) is 0 Å². The van der Waals surface area contributed by atoms with Crippen LogP contribution in [-0.2, 0) is 14.8 Å². The number of carbonyl (C=O) groups is 1. The van der Waals surface area contributed by atoms with E-state index in [4.69, 9.17) is 16.7 Å². The Kier molecular flexibility index (Phi) is 7.53. The lowest BCUT2D eigenvalue weighted by atomic mass is 10.0. The molecule has 0 saturated heterocycles. The lowest BCUT2D eigenvalue weighted by Crippen LogP contribution is -2.40. The summed E-state index contributed by atoms with van der Waals surface area (Å²) in [4.78, 5) is 10.5. The first kappa shape index (κ1) is 20.8. The molecule has 1 fully saturated rings. The highest BCUT2D eigenvalue weighted by molar-refractivity contribution is 7.94. The zero-order chi connectivity index (χ0) is 19.0. The second-order valence-electron chi connectivity index (χ2n) is 6.80. The number of aliphatic carboxylic acids is 1. The number of unbranched alkanes of at least 4 members (excludes halogenated alkanes) is 1. The fraction of sp³-hybridized carbons (Fsp3) is 0.526. The highest BCUT2D eigenvalue weighted by atomic mass is 35.5. The highest BCUT2D eigenvalue weighted by Gasteiger charge is 2.45. The van der Waals surface area contributed by atoms with Crippen molar-refractivity contribution < 1.29 is 18.3 Å². The van der Waals surface area contributed by atoms with Crippen molar-refractivity contribution in [1.29, 1.82) is 0 Å².